The number of hydrogen-bond donors (Lipinski definition) is 0. The molecule has 54 valence electrons. The summed E-state index contributed by atoms with van der Waals surface area (Å²) in [5.41, 5.74) is 0.831. The molecule has 0 spiro atoms. The topological polar surface area (TPSA) is 34.4 Å². The molecule has 0 fully saturated rings. The fourth-order valence-electron chi connectivity index (χ4n) is 0.978. The first kappa shape index (κ1) is 6.09. The first-order valence-corrected chi connectivity index (χ1v) is 3.28. The largest absolute Gasteiger partial charge is 0.321 e. The summed E-state index contributed by atoms with van der Waals surface area (Å²) in [4.78, 5) is 14.7. The van der Waals surface area contributed by atoms with Gasteiger partial charge in [-0.3, -0.25) is 9.78 Å². The minimum Gasteiger partial charge on any atom is -0.321 e. The fourth-order valence-corrected chi connectivity index (χ4v) is 0.978. The van der Waals surface area contributed by atoms with E-state index in [9.17, 15) is 4.79 Å². The maximum atomic E-state index is 10.8. The predicted molar refractivity (Wildman–Crippen MR) is 41.5 cm³/mol. The lowest BCUT2D eigenvalue weighted by Crippen LogP contribution is -1.99. The zero-order chi connectivity index (χ0) is 7.68. The van der Waals surface area contributed by atoms with Gasteiger partial charge in [0.05, 0.1) is 11.7 Å². The number of aromatic nitrogens is 2. The van der Waals surface area contributed by atoms with Crippen LogP contribution in [0.15, 0.2) is 41.7 Å². The summed E-state index contributed by atoms with van der Waals surface area (Å²) >= 11 is 0. The third-order valence-electron chi connectivity index (χ3n) is 1.51. The molecular formula is C8H6N2O. The van der Waals surface area contributed by atoms with Crippen LogP contribution >= 0.6 is 0 Å². The summed E-state index contributed by atoms with van der Waals surface area (Å²) in [6.07, 6.45) is 6.85. The second-order valence-corrected chi connectivity index (χ2v) is 2.27. The molecule has 0 unspecified atom stereocenters. The lowest BCUT2D eigenvalue weighted by atomic mass is 10.4. The first-order valence-electron chi connectivity index (χ1n) is 3.28. The van der Waals surface area contributed by atoms with Gasteiger partial charge in [-0.05, 0) is 0 Å². The molecule has 0 aliphatic heterocycles. The molecule has 0 saturated heterocycles. The van der Waals surface area contributed by atoms with Crippen molar-refractivity contribution in [3.8, 4) is 0 Å². The molecule has 2 aromatic heterocycles. The normalized spacial score (nSPS) is 10.2. The van der Waals surface area contributed by atoms with Gasteiger partial charge in [-0.15, -0.1) is 0 Å². The predicted octanol–water partition coefficient (Wildman–Crippen LogP) is 0.695. The summed E-state index contributed by atoms with van der Waals surface area (Å²) < 4.78 is 1.84. The molecule has 0 bridgehead atoms. The van der Waals surface area contributed by atoms with Crippen molar-refractivity contribution < 1.29 is 0 Å². The van der Waals surface area contributed by atoms with Crippen LogP contribution < -0.4 is 5.43 Å². The Balaban J connectivity index is 2.94. The Morgan fingerprint density at radius 1 is 1.36 bits per heavy atom. The monoisotopic (exact) mass is 146 g/mol. The van der Waals surface area contributed by atoms with Gasteiger partial charge in [0.1, 0.15) is 0 Å². The molecule has 0 radical (unpaired) electrons. The highest BCUT2D eigenvalue weighted by Gasteiger charge is 1.88. The third kappa shape index (κ3) is 1.00. The van der Waals surface area contributed by atoms with Crippen molar-refractivity contribution in [1.29, 1.82) is 0 Å². The SMILES string of the molecule is O=c1ccn2ccncc2c1. The molecule has 0 aromatic carbocycles. The van der Waals surface area contributed by atoms with Gasteiger partial charge >= 0.3 is 0 Å². The van der Waals surface area contributed by atoms with E-state index in [2.05, 4.69) is 4.98 Å². The lowest BCUT2D eigenvalue weighted by Gasteiger charge is -1.95. The zero-order valence-corrected chi connectivity index (χ0v) is 5.77. The lowest BCUT2D eigenvalue weighted by molar-refractivity contribution is 1.11. The van der Waals surface area contributed by atoms with Crippen LogP contribution in [0.2, 0.25) is 0 Å². The van der Waals surface area contributed by atoms with Gasteiger partial charge in [-0.2, -0.15) is 0 Å². The average molecular weight is 146 g/mol. The van der Waals surface area contributed by atoms with Crippen molar-refractivity contribution in [3.63, 3.8) is 0 Å². The second kappa shape index (κ2) is 2.20. The van der Waals surface area contributed by atoms with E-state index < -0.39 is 0 Å². The van der Waals surface area contributed by atoms with Crippen molar-refractivity contribution in [3.05, 3.63) is 47.1 Å². The summed E-state index contributed by atoms with van der Waals surface area (Å²) in [6, 6.07) is 3.07. The van der Waals surface area contributed by atoms with E-state index in [4.69, 9.17) is 0 Å². The van der Waals surface area contributed by atoms with Gasteiger partial charge in [0.25, 0.3) is 0 Å². The third-order valence-corrected chi connectivity index (χ3v) is 1.51. The number of fused-ring (bicyclic) bond motifs is 1. The fraction of sp³-hybridized carbons (Fsp3) is 0. The Hall–Kier alpha value is -1.64. The Bertz CT molecular complexity index is 433. The van der Waals surface area contributed by atoms with E-state index in [1.165, 1.54) is 6.07 Å². The quantitative estimate of drug-likeness (QED) is 0.548. The summed E-state index contributed by atoms with van der Waals surface area (Å²) in [7, 11) is 0. The Labute approximate surface area is 62.9 Å². The number of rotatable bonds is 0. The van der Waals surface area contributed by atoms with E-state index in [1.54, 1.807) is 30.9 Å². The van der Waals surface area contributed by atoms with Gasteiger partial charge in [-0.1, -0.05) is 0 Å². The standard InChI is InChI=1S/C8H6N2O/c11-8-1-3-10-4-2-9-6-7(10)5-8/h1-6H. The molecule has 0 aliphatic rings. The second-order valence-electron chi connectivity index (χ2n) is 2.27. The van der Waals surface area contributed by atoms with Crippen LogP contribution in [-0.4, -0.2) is 9.38 Å². The van der Waals surface area contributed by atoms with Crippen LogP contribution in [-0.2, 0) is 0 Å². The number of pyridine rings is 1. The summed E-state index contributed by atoms with van der Waals surface area (Å²) in [5.74, 6) is 0. The molecule has 2 aromatic rings. The maximum absolute atomic E-state index is 10.8. The van der Waals surface area contributed by atoms with Gasteiger partial charge in [0, 0.05) is 30.7 Å². The first-order chi connectivity index (χ1) is 5.36. The van der Waals surface area contributed by atoms with Crippen molar-refractivity contribution in [2.45, 2.75) is 0 Å². The van der Waals surface area contributed by atoms with Gasteiger partial charge < -0.3 is 4.40 Å². The van der Waals surface area contributed by atoms with Crippen molar-refractivity contribution >= 4 is 5.52 Å². The summed E-state index contributed by atoms with van der Waals surface area (Å²) in [6.45, 7) is 0. The minimum absolute atomic E-state index is 0.0120. The molecule has 11 heavy (non-hydrogen) atoms. The molecule has 0 amide bonds. The Kier molecular flexibility index (Phi) is 1.22. The van der Waals surface area contributed by atoms with Crippen LogP contribution in [0.1, 0.15) is 0 Å². The van der Waals surface area contributed by atoms with Gasteiger partial charge in [0.15, 0.2) is 5.43 Å². The Morgan fingerprint density at radius 2 is 2.27 bits per heavy atom. The molecular weight excluding hydrogens is 140 g/mol. The van der Waals surface area contributed by atoms with Gasteiger partial charge in [-0.25, -0.2) is 0 Å². The molecule has 0 aliphatic carbocycles. The Morgan fingerprint density at radius 3 is 3.18 bits per heavy atom. The highest BCUT2D eigenvalue weighted by molar-refractivity contribution is 5.42. The van der Waals surface area contributed by atoms with E-state index in [-0.39, 0.29) is 5.43 Å². The molecule has 0 saturated carbocycles. The molecule has 3 nitrogen and oxygen atoms in total. The molecule has 3 heteroatoms. The average Bonchev–Trinajstić information content (AvgIpc) is 2.04. The van der Waals surface area contributed by atoms with E-state index in [1.807, 2.05) is 4.40 Å². The molecule has 2 rings (SSSR count). The summed E-state index contributed by atoms with van der Waals surface area (Å²) in [5, 5.41) is 0. The number of nitrogens with zero attached hydrogens (tertiary/aromatic N) is 2. The van der Waals surface area contributed by atoms with Crippen molar-refractivity contribution in [2.75, 3.05) is 0 Å². The maximum Gasteiger partial charge on any atom is 0.182 e. The molecule has 2 heterocycles. The van der Waals surface area contributed by atoms with E-state index in [0.717, 1.165) is 5.52 Å². The highest BCUT2D eigenvalue weighted by Crippen LogP contribution is 1.94. The van der Waals surface area contributed by atoms with Crippen LogP contribution in [0.4, 0.5) is 0 Å². The zero-order valence-electron chi connectivity index (χ0n) is 5.77. The molecule has 0 atom stereocenters. The van der Waals surface area contributed by atoms with Crippen LogP contribution in [0.25, 0.3) is 5.52 Å². The minimum atomic E-state index is 0.0120. The van der Waals surface area contributed by atoms with Crippen molar-refractivity contribution in [1.82, 2.24) is 9.38 Å². The van der Waals surface area contributed by atoms with Crippen LogP contribution in [0.5, 0.6) is 0 Å². The van der Waals surface area contributed by atoms with E-state index in [0.29, 0.717) is 0 Å². The molecule has 0 N–H and O–H groups in total. The van der Waals surface area contributed by atoms with Crippen LogP contribution in [0.3, 0.4) is 0 Å². The van der Waals surface area contributed by atoms with Crippen molar-refractivity contribution in [2.24, 2.45) is 0 Å². The highest BCUT2D eigenvalue weighted by atomic mass is 16.1. The van der Waals surface area contributed by atoms with E-state index >= 15 is 0 Å². The van der Waals surface area contributed by atoms with Crippen LogP contribution in [0, 0.1) is 0 Å². The van der Waals surface area contributed by atoms with Gasteiger partial charge in [0.2, 0.25) is 0 Å². The smallest absolute Gasteiger partial charge is 0.182 e. The number of hydrogen-bond acceptors (Lipinski definition) is 2.